The van der Waals surface area contributed by atoms with Crippen LogP contribution in [0.25, 0.3) is 0 Å². The summed E-state index contributed by atoms with van der Waals surface area (Å²) in [6, 6.07) is 6.78. The number of ether oxygens (including phenoxy) is 1. The van der Waals surface area contributed by atoms with Gasteiger partial charge in [-0.25, -0.2) is 8.42 Å². The van der Waals surface area contributed by atoms with Crippen molar-refractivity contribution in [2.24, 2.45) is 0 Å². The topological polar surface area (TPSA) is 63.7 Å². The van der Waals surface area contributed by atoms with Crippen LogP contribution in [0, 0.1) is 0 Å². The molecular formula is C16H23NO4S. The molecule has 0 spiro atoms. The standard InChI is InChI=1S/C16H23NO4S/c1-4-17(14-9-10-22(19,20)11-14)16(18)13-5-7-15(8-6-13)21-12(2)3/h5-8,12,14H,4,9-11H2,1-3H3/t14-/m1/s1. The summed E-state index contributed by atoms with van der Waals surface area (Å²) in [5, 5.41) is 0. The highest BCUT2D eigenvalue weighted by Crippen LogP contribution is 2.21. The van der Waals surface area contributed by atoms with E-state index in [9.17, 15) is 13.2 Å². The second-order valence-electron chi connectivity index (χ2n) is 5.84. The first-order valence-corrected chi connectivity index (χ1v) is 9.42. The number of sulfone groups is 1. The molecule has 1 aliphatic rings. The van der Waals surface area contributed by atoms with Gasteiger partial charge in [0.25, 0.3) is 5.91 Å². The molecule has 0 saturated carbocycles. The maximum Gasteiger partial charge on any atom is 0.254 e. The molecule has 1 fully saturated rings. The molecule has 122 valence electrons. The minimum absolute atomic E-state index is 0.0706. The van der Waals surface area contributed by atoms with Gasteiger partial charge in [-0.05, 0) is 51.5 Å². The third-order valence-electron chi connectivity index (χ3n) is 3.72. The Hall–Kier alpha value is -1.56. The quantitative estimate of drug-likeness (QED) is 0.832. The van der Waals surface area contributed by atoms with Crippen molar-refractivity contribution in [2.45, 2.75) is 39.3 Å². The van der Waals surface area contributed by atoms with Crippen LogP contribution >= 0.6 is 0 Å². The van der Waals surface area contributed by atoms with E-state index in [-0.39, 0.29) is 29.6 Å². The number of nitrogens with zero attached hydrogens (tertiary/aromatic N) is 1. The Kier molecular flexibility index (Phi) is 5.11. The first-order chi connectivity index (χ1) is 10.3. The van der Waals surface area contributed by atoms with Gasteiger partial charge in [-0.1, -0.05) is 0 Å². The predicted molar refractivity (Wildman–Crippen MR) is 86.0 cm³/mol. The number of rotatable bonds is 5. The van der Waals surface area contributed by atoms with Crippen LogP contribution in [0.4, 0.5) is 0 Å². The van der Waals surface area contributed by atoms with E-state index in [1.807, 2.05) is 20.8 Å². The fraction of sp³-hybridized carbons (Fsp3) is 0.562. The predicted octanol–water partition coefficient (Wildman–Crippen LogP) is 2.12. The van der Waals surface area contributed by atoms with E-state index < -0.39 is 9.84 Å². The van der Waals surface area contributed by atoms with Gasteiger partial charge in [0.1, 0.15) is 5.75 Å². The molecular weight excluding hydrogens is 302 g/mol. The Morgan fingerprint density at radius 3 is 2.41 bits per heavy atom. The van der Waals surface area contributed by atoms with Crippen LogP contribution in [0.2, 0.25) is 0 Å². The van der Waals surface area contributed by atoms with Crippen molar-refractivity contribution in [3.8, 4) is 5.75 Å². The first-order valence-electron chi connectivity index (χ1n) is 7.60. The van der Waals surface area contributed by atoms with Crippen LogP contribution in [0.3, 0.4) is 0 Å². The van der Waals surface area contributed by atoms with E-state index in [0.717, 1.165) is 5.75 Å². The average Bonchev–Trinajstić information content (AvgIpc) is 2.80. The summed E-state index contributed by atoms with van der Waals surface area (Å²) in [6.45, 7) is 6.26. The molecule has 1 aromatic carbocycles. The summed E-state index contributed by atoms with van der Waals surface area (Å²) in [5.41, 5.74) is 0.558. The molecule has 1 aromatic rings. The Morgan fingerprint density at radius 1 is 1.32 bits per heavy atom. The lowest BCUT2D eigenvalue weighted by Gasteiger charge is -2.27. The lowest BCUT2D eigenvalue weighted by Crippen LogP contribution is -2.40. The molecule has 0 radical (unpaired) electrons. The number of carbonyl (C=O) groups is 1. The summed E-state index contributed by atoms with van der Waals surface area (Å²) in [7, 11) is -3.00. The molecule has 1 aliphatic heterocycles. The van der Waals surface area contributed by atoms with Crippen molar-refractivity contribution in [1.29, 1.82) is 0 Å². The zero-order chi connectivity index (χ0) is 16.3. The third kappa shape index (κ3) is 4.00. The van der Waals surface area contributed by atoms with Gasteiger partial charge in [-0.3, -0.25) is 4.79 Å². The van der Waals surface area contributed by atoms with Gasteiger partial charge < -0.3 is 9.64 Å². The molecule has 5 nitrogen and oxygen atoms in total. The Balaban J connectivity index is 2.11. The van der Waals surface area contributed by atoms with Crippen molar-refractivity contribution < 1.29 is 17.9 Å². The second-order valence-corrected chi connectivity index (χ2v) is 8.07. The molecule has 1 heterocycles. The van der Waals surface area contributed by atoms with E-state index in [1.165, 1.54) is 0 Å². The van der Waals surface area contributed by atoms with Gasteiger partial charge >= 0.3 is 0 Å². The zero-order valence-corrected chi connectivity index (χ0v) is 14.1. The highest BCUT2D eigenvalue weighted by molar-refractivity contribution is 7.91. The van der Waals surface area contributed by atoms with Gasteiger partial charge in [0, 0.05) is 18.2 Å². The van der Waals surface area contributed by atoms with E-state index in [1.54, 1.807) is 29.2 Å². The van der Waals surface area contributed by atoms with Crippen molar-refractivity contribution in [2.75, 3.05) is 18.1 Å². The Labute approximate surface area is 132 Å². The minimum atomic E-state index is -3.00. The van der Waals surface area contributed by atoms with Crippen LogP contribution in [0.1, 0.15) is 37.6 Å². The van der Waals surface area contributed by atoms with Crippen LogP contribution in [-0.2, 0) is 9.84 Å². The van der Waals surface area contributed by atoms with Gasteiger partial charge in [-0.15, -0.1) is 0 Å². The largest absolute Gasteiger partial charge is 0.491 e. The summed E-state index contributed by atoms with van der Waals surface area (Å²) >= 11 is 0. The van der Waals surface area contributed by atoms with Crippen molar-refractivity contribution in [3.63, 3.8) is 0 Å². The van der Waals surface area contributed by atoms with E-state index in [0.29, 0.717) is 18.5 Å². The molecule has 6 heteroatoms. The summed E-state index contributed by atoms with van der Waals surface area (Å²) in [6.07, 6.45) is 0.605. The fourth-order valence-corrected chi connectivity index (χ4v) is 4.43. The maximum absolute atomic E-state index is 12.6. The fourth-order valence-electron chi connectivity index (χ4n) is 2.70. The van der Waals surface area contributed by atoms with Crippen LogP contribution in [0.5, 0.6) is 5.75 Å². The van der Waals surface area contributed by atoms with Crippen LogP contribution in [0.15, 0.2) is 24.3 Å². The number of hydrogen-bond acceptors (Lipinski definition) is 4. The highest BCUT2D eigenvalue weighted by Gasteiger charge is 2.34. The van der Waals surface area contributed by atoms with E-state index in [4.69, 9.17) is 4.74 Å². The number of carbonyl (C=O) groups excluding carboxylic acids is 1. The number of benzene rings is 1. The summed E-state index contributed by atoms with van der Waals surface area (Å²) < 4.78 is 28.8. The molecule has 22 heavy (non-hydrogen) atoms. The Bertz CT molecular complexity index is 622. The molecule has 1 atom stereocenters. The molecule has 0 N–H and O–H groups in total. The number of hydrogen-bond donors (Lipinski definition) is 0. The second kappa shape index (κ2) is 6.69. The minimum Gasteiger partial charge on any atom is -0.491 e. The van der Waals surface area contributed by atoms with E-state index >= 15 is 0 Å². The van der Waals surface area contributed by atoms with Crippen molar-refractivity contribution in [1.82, 2.24) is 4.90 Å². The molecule has 0 bridgehead atoms. The molecule has 1 saturated heterocycles. The lowest BCUT2D eigenvalue weighted by molar-refractivity contribution is 0.0708. The first kappa shape index (κ1) is 16.8. The van der Waals surface area contributed by atoms with Crippen LogP contribution < -0.4 is 4.74 Å². The molecule has 1 amide bonds. The zero-order valence-electron chi connectivity index (χ0n) is 13.3. The summed E-state index contributed by atoms with van der Waals surface area (Å²) in [5.74, 6) is 0.836. The van der Waals surface area contributed by atoms with Crippen LogP contribution in [-0.4, -0.2) is 49.4 Å². The molecule has 0 aromatic heterocycles. The SMILES string of the molecule is CCN(C(=O)c1ccc(OC(C)C)cc1)[C@@H]1CCS(=O)(=O)C1. The molecule has 0 unspecified atom stereocenters. The van der Waals surface area contributed by atoms with Crippen molar-refractivity contribution >= 4 is 15.7 Å². The molecule has 2 rings (SSSR count). The summed E-state index contributed by atoms with van der Waals surface area (Å²) in [4.78, 5) is 14.3. The molecule has 0 aliphatic carbocycles. The monoisotopic (exact) mass is 325 g/mol. The average molecular weight is 325 g/mol. The Morgan fingerprint density at radius 2 is 1.95 bits per heavy atom. The maximum atomic E-state index is 12.6. The lowest BCUT2D eigenvalue weighted by atomic mass is 10.1. The van der Waals surface area contributed by atoms with E-state index in [2.05, 4.69) is 0 Å². The number of amides is 1. The van der Waals surface area contributed by atoms with Gasteiger partial charge in [0.05, 0.1) is 17.6 Å². The smallest absolute Gasteiger partial charge is 0.254 e. The van der Waals surface area contributed by atoms with Crippen molar-refractivity contribution in [3.05, 3.63) is 29.8 Å². The van der Waals surface area contributed by atoms with Gasteiger partial charge in [0.15, 0.2) is 9.84 Å². The highest BCUT2D eigenvalue weighted by atomic mass is 32.2. The van der Waals surface area contributed by atoms with Gasteiger partial charge in [0.2, 0.25) is 0 Å². The van der Waals surface area contributed by atoms with Gasteiger partial charge in [-0.2, -0.15) is 0 Å². The third-order valence-corrected chi connectivity index (χ3v) is 5.47. The normalized spacial score (nSPS) is 20.1.